The second-order valence-corrected chi connectivity index (χ2v) is 7.36. The molecule has 3 heterocycles. The predicted octanol–water partition coefficient (Wildman–Crippen LogP) is 2.96. The number of piperidine rings is 1. The smallest absolute Gasteiger partial charge is 0.310 e. The zero-order valence-electron chi connectivity index (χ0n) is 13.4. The zero-order valence-corrected chi connectivity index (χ0v) is 14.2. The van der Waals surface area contributed by atoms with E-state index in [-0.39, 0.29) is 11.9 Å². The number of fused-ring (bicyclic) bond motifs is 3. The lowest BCUT2D eigenvalue weighted by atomic mass is 9.98. The van der Waals surface area contributed by atoms with Gasteiger partial charge in [-0.3, -0.25) is 4.79 Å². The maximum absolute atomic E-state index is 12.1. The highest BCUT2D eigenvalue weighted by molar-refractivity contribution is 7.19. The Kier molecular flexibility index (Phi) is 3.93. The van der Waals surface area contributed by atoms with E-state index in [9.17, 15) is 4.79 Å². The van der Waals surface area contributed by atoms with Crippen LogP contribution >= 0.6 is 11.3 Å². The van der Waals surface area contributed by atoms with E-state index < -0.39 is 0 Å². The molecule has 2 aromatic heterocycles. The fourth-order valence-electron chi connectivity index (χ4n) is 3.77. The summed E-state index contributed by atoms with van der Waals surface area (Å²) in [5.74, 6) is 0.904. The number of anilines is 1. The molecule has 1 aliphatic heterocycles. The predicted molar refractivity (Wildman–Crippen MR) is 91.0 cm³/mol. The van der Waals surface area contributed by atoms with E-state index in [4.69, 9.17) is 4.74 Å². The van der Waals surface area contributed by atoms with Crippen LogP contribution in [0.4, 0.5) is 5.82 Å². The van der Waals surface area contributed by atoms with Gasteiger partial charge in [0.05, 0.1) is 17.9 Å². The molecule has 0 amide bonds. The minimum Gasteiger partial charge on any atom is -0.466 e. The molecule has 6 heteroatoms. The maximum Gasteiger partial charge on any atom is 0.310 e. The third kappa shape index (κ3) is 2.59. The van der Waals surface area contributed by atoms with Crippen molar-refractivity contribution in [2.45, 2.75) is 39.0 Å². The average Bonchev–Trinajstić information content (AvgIpc) is 3.15. The molecule has 0 saturated carbocycles. The minimum absolute atomic E-state index is 0.0413. The van der Waals surface area contributed by atoms with Crippen molar-refractivity contribution in [2.75, 3.05) is 24.6 Å². The van der Waals surface area contributed by atoms with E-state index in [2.05, 4.69) is 14.9 Å². The number of nitrogens with zero attached hydrogens (tertiary/aromatic N) is 3. The van der Waals surface area contributed by atoms with Crippen LogP contribution in [0, 0.1) is 5.92 Å². The van der Waals surface area contributed by atoms with Crippen molar-refractivity contribution in [1.29, 1.82) is 0 Å². The van der Waals surface area contributed by atoms with E-state index in [1.807, 2.05) is 18.3 Å². The van der Waals surface area contributed by atoms with E-state index in [1.165, 1.54) is 28.7 Å². The van der Waals surface area contributed by atoms with Crippen LogP contribution in [0.15, 0.2) is 6.33 Å². The summed E-state index contributed by atoms with van der Waals surface area (Å²) in [6.07, 6.45) is 7.10. The Morgan fingerprint density at radius 2 is 2.30 bits per heavy atom. The molecule has 1 atom stereocenters. The van der Waals surface area contributed by atoms with Gasteiger partial charge in [0.1, 0.15) is 17.0 Å². The molecule has 1 fully saturated rings. The van der Waals surface area contributed by atoms with E-state index in [0.717, 1.165) is 36.5 Å². The largest absolute Gasteiger partial charge is 0.466 e. The SMILES string of the molecule is CCOC(=O)C1CCCN(c2ncnc3sc4c(c23)CCC4)C1. The van der Waals surface area contributed by atoms with Crippen molar-refractivity contribution < 1.29 is 9.53 Å². The molecular weight excluding hydrogens is 310 g/mol. The molecule has 0 N–H and O–H groups in total. The number of aromatic nitrogens is 2. The van der Waals surface area contributed by atoms with Crippen LogP contribution in [0.1, 0.15) is 36.6 Å². The van der Waals surface area contributed by atoms with Crippen molar-refractivity contribution in [1.82, 2.24) is 9.97 Å². The van der Waals surface area contributed by atoms with Gasteiger partial charge in [0.2, 0.25) is 0 Å². The number of thiophene rings is 1. The van der Waals surface area contributed by atoms with E-state index >= 15 is 0 Å². The van der Waals surface area contributed by atoms with E-state index in [0.29, 0.717) is 13.2 Å². The molecule has 23 heavy (non-hydrogen) atoms. The monoisotopic (exact) mass is 331 g/mol. The maximum atomic E-state index is 12.1. The van der Waals surface area contributed by atoms with Crippen molar-refractivity contribution in [3.63, 3.8) is 0 Å². The van der Waals surface area contributed by atoms with Gasteiger partial charge < -0.3 is 9.64 Å². The molecule has 1 aliphatic carbocycles. The normalized spacial score (nSPS) is 20.7. The van der Waals surface area contributed by atoms with Crippen LogP contribution in [0.5, 0.6) is 0 Å². The van der Waals surface area contributed by atoms with Gasteiger partial charge in [-0.1, -0.05) is 0 Å². The molecule has 0 radical (unpaired) electrons. The molecule has 0 spiro atoms. The molecule has 0 bridgehead atoms. The number of carbonyl (C=O) groups excluding carboxylic acids is 1. The Morgan fingerprint density at radius 1 is 1.39 bits per heavy atom. The lowest BCUT2D eigenvalue weighted by Crippen LogP contribution is -2.40. The number of aryl methyl sites for hydroxylation is 2. The highest BCUT2D eigenvalue weighted by Gasteiger charge is 2.30. The third-order valence-corrected chi connectivity index (χ3v) is 6.02. The third-order valence-electron chi connectivity index (χ3n) is 4.82. The molecule has 1 unspecified atom stereocenters. The summed E-state index contributed by atoms with van der Waals surface area (Å²) in [5.41, 5.74) is 1.44. The van der Waals surface area contributed by atoms with Crippen molar-refractivity contribution in [3.05, 3.63) is 16.8 Å². The first kappa shape index (κ1) is 14.9. The summed E-state index contributed by atoms with van der Waals surface area (Å²) in [4.78, 5) is 26.0. The van der Waals surface area contributed by atoms with E-state index in [1.54, 1.807) is 6.33 Å². The van der Waals surface area contributed by atoms with Crippen molar-refractivity contribution in [2.24, 2.45) is 5.92 Å². The fraction of sp³-hybridized carbons (Fsp3) is 0.588. The van der Waals surface area contributed by atoms with Gasteiger partial charge in [-0.2, -0.15) is 0 Å². The van der Waals surface area contributed by atoms with Gasteiger partial charge in [-0.05, 0) is 44.6 Å². The molecule has 2 aromatic rings. The van der Waals surface area contributed by atoms with Crippen LogP contribution in [0.2, 0.25) is 0 Å². The van der Waals surface area contributed by atoms with Gasteiger partial charge in [-0.15, -0.1) is 11.3 Å². The Morgan fingerprint density at radius 3 is 3.17 bits per heavy atom. The quantitative estimate of drug-likeness (QED) is 0.809. The second-order valence-electron chi connectivity index (χ2n) is 6.27. The lowest BCUT2D eigenvalue weighted by molar-refractivity contribution is -0.148. The second kappa shape index (κ2) is 6.07. The van der Waals surface area contributed by atoms with Gasteiger partial charge >= 0.3 is 5.97 Å². The highest BCUT2D eigenvalue weighted by Crippen LogP contribution is 2.40. The Bertz CT molecular complexity index is 743. The van der Waals surface area contributed by atoms with Gasteiger partial charge in [0.25, 0.3) is 0 Å². The number of rotatable bonds is 3. The number of ether oxygens (including phenoxy) is 1. The first-order valence-corrected chi connectivity index (χ1v) is 9.26. The van der Waals surface area contributed by atoms with Crippen LogP contribution in [0.3, 0.4) is 0 Å². The number of esters is 1. The minimum atomic E-state index is -0.0713. The Balaban J connectivity index is 1.67. The zero-order chi connectivity index (χ0) is 15.8. The molecule has 2 aliphatic rings. The number of hydrogen-bond donors (Lipinski definition) is 0. The molecule has 0 aromatic carbocycles. The molecule has 5 nitrogen and oxygen atoms in total. The summed E-state index contributed by atoms with van der Waals surface area (Å²) in [5, 5.41) is 1.23. The molecule has 122 valence electrons. The van der Waals surface area contributed by atoms with Crippen LogP contribution in [-0.4, -0.2) is 35.6 Å². The highest BCUT2D eigenvalue weighted by atomic mass is 32.1. The molecular formula is C17H21N3O2S. The summed E-state index contributed by atoms with van der Waals surface area (Å²) in [7, 11) is 0. The summed E-state index contributed by atoms with van der Waals surface area (Å²) in [6.45, 7) is 3.97. The average molecular weight is 331 g/mol. The van der Waals surface area contributed by atoms with Crippen LogP contribution in [-0.2, 0) is 22.4 Å². The first-order valence-electron chi connectivity index (χ1n) is 8.44. The fourth-order valence-corrected chi connectivity index (χ4v) is 5.00. The summed E-state index contributed by atoms with van der Waals surface area (Å²) in [6, 6.07) is 0. The molecule has 1 saturated heterocycles. The molecule has 4 rings (SSSR count). The van der Waals surface area contributed by atoms with Gasteiger partial charge in [0, 0.05) is 18.0 Å². The van der Waals surface area contributed by atoms with Crippen molar-refractivity contribution in [3.8, 4) is 0 Å². The Hall–Kier alpha value is -1.69. The standard InChI is InChI=1S/C17H21N3O2S/c1-2-22-17(21)11-5-4-8-20(9-11)15-14-12-6-3-7-13(12)23-16(14)19-10-18-15/h10-11H,2-9H2,1H3. The van der Waals surface area contributed by atoms with Crippen LogP contribution in [0.25, 0.3) is 10.2 Å². The first-order chi connectivity index (χ1) is 11.3. The topological polar surface area (TPSA) is 55.3 Å². The van der Waals surface area contributed by atoms with Gasteiger partial charge in [0.15, 0.2) is 0 Å². The van der Waals surface area contributed by atoms with Gasteiger partial charge in [-0.25, -0.2) is 9.97 Å². The Labute approximate surface area is 139 Å². The summed E-state index contributed by atoms with van der Waals surface area (Å²) >= 11 is 1.81. The number of carbonyl (C=O) groups is 1. The lowest BCUT2D eigenvalue weighted by Gasteiger charge is -2.32. The van der Waals surface area contributed by atoms with Crippen LogP contribution < -0.4 is 4.90 Å². The van der Waals surface area contributed by atoms with Crippen molar-refractivity contribution >= 4 is 33.3 Å². The number of hydrogen-bond acceptors (Lipinski definition) is 6. The summed E-state index contributed by atoms with van der Waals surface area (Å²) < 4.78 is 5.22.